The zero-order valence-corrected chi connectivity index (χ0v) is 39.2. The molecule has 2 heterocycles. The fraction of sp³-hybridized carbons (Fsp3) is 0.706. The number of aliphatic hydroxyl groups is 7. The van der Waals surface area contributed by atoms with Gasteiger partial charge in [0.25, 0.3) is 0 Å². The minimum Gasteiger partial charge on any atom is -0.457 e. The number of unbranched alkanes of at least 4 members (excludes halogenated alkanes) is 8. The van der Waals surface area contributed by atoms with Gasteiger partial charge in [0.2, 0.25) is 0 Å². The first-order valence-corrected chi connectivity index (χ1v) is 24.2. The van der Waals surface area contributed by atoms with Gasteiger partial charge >= 0.3 is 5.97 Å². The van der Waals surface area contributed by atoms with Gasteiger partial charge in [-0.1, -0.05) is 125 Å². The van der Waals surface area contributed by atoms with Crippen LogP contribution >= 0.6 is 0 Å². The molecule has 2 saturated heterocycles. The lowest BCUT2D eigenvalue weighted by Crippen LogP contribution is -2.61. The first-order chi connectivity index (χ1) is 31.6. The summed E-state index contributed by atoms with van der Waals surface area (Å²) in [6.07, 6.45) is 30.8. The standard InChI is InChI=1S/C51H84O14/c1-3-5-7-9-11-13-15-17-19-21-23-25-27-29-31-33-35-60-37-40(63-43(53)34-32-30-28-26-24-22-20-18-16-14-12-10-8-6-4-2)38-61-50-49(59)47(57)45(55)42(65-50)39-62-51-48(58)46(56)44(54)41(36-52)64-51/h5-8,11-14,17-20,23,25,40-42,44-52,54-59H,3-4,9-10,15-16,21-22,24,26-39H2,1-2H3/b7-5-,8-6-,13-11-,14-12-,19-17-,20-18-,25-23-. The maximum atomic E-state index is 13.0. The molecule has 0 aromatic rings. The Morgan fingerprint density at radius 1 is 0.508 bits per heavy atom. The molecule has 65 heavy (non-hydrogen) atoms. The Morgan fingerprint density at radius 3 is 1.49 bits per heavy atom. The summed E-state index contributed by atoms with van der Waals surface area (Å²) in [5.41, 5.74) is 0. The van der Waals surface area contributed by atoms with Crippen molar-refractivity contribution in [1.82, 2.24) is 0 Å². The molecule has 0 radical (unpaired) electrons. The van der Waals surface area contributed by atoms with Crippen LogP contribution in [0.15, 0.2) is 85.1 Å². The fourth-order valence-electron chi connectivity index (χ4n) is 6.99. The normalized spacial score (nSPS) is 27.3. The second-order valence-corrected chi connectivity index (χ2v) is 16.5. The van der Waals surface area contributed by atoms with Gasteiger partial charge in [-0.15, -0.1) is 0 Å². The van der Waals surface area contributed by atoms with Crippen LogP contribution < -0.4 is 0 Å². The van der Waals surface area contributed by atoms with E-state index < -0.39 is 86.7 Å². The third-order valence-corrected chi connectivity index (χ3v) is 10.9. The Kier molecular flexibility index (Phi) is 34.2. The maximum absolute atomic E-state index is 13.0. The van der Waals surface area contributed by atoms with Gasteiger partial charge in [-0.2, -0.15) is 0 Å². The van der Waals surface area contributed by atoms with Gasteiger partial charge < -0.3 is 64.2 Å². The molecule has 0 spiro atoms. The van der Waals surface area contributed by atoms with Crippen molar-refractivity contribution in [3.63, 3.8) is 0 Å². The van der Waals surface area contributed by atoms with E-state index in [-0.39, 0.29) is 19.6 Å². The smallest absolute Gasteiger partial charge is 0.306 e. The van der Waals surface area contributed by atoms with Gasteiger partial charge in [0, 0.05) is 13.0 Å². The van der Waals surface area contributed by atoms with E-state index in [1.165, 1.54) is 0 Å². The van der Waals surface area contributed by atoms with E-state index in [0.29, 0.717) is 13.0 Å². The highest BCUT2D eigenvalue weighted by atomic mass is 16.7. The quantitative estimate of drug-likeness (QED) is 0.0203. The van der Waals surface area contributed by atoms with Crippen molar-refractivity contribution < 1.29 is 69.0 Å². The monoisotopic (exact) mass is 921 g/mol. The highest BCUT2D eigenvalue weighted by Gasteiger charge is 2.47. The molecule has 7 N–H and O–H groups in total. The molecule has 11 atom stereocenters. The summed E-state index contributed by atoms with van der Waals surface area (Å²) in [5, 5.41) is 72.0. The van der Waals surface area contributed by atoms with Crippen molar-refractivity contribution in [2.75, 3.05) is 33.0 Å². The number of hydrogen-bond donors (Lipinski definition) is 7. The van der Waals surface area contributed by atoms with Gasteiger partial charge in [-0.25, -0.2) is 0 Å². The van der Waals surface area contributed by atoms with Crippen molar-refractivity contribution in [2.45, 2.75) is 197 Å². The topological polar surface area (TPSA) is 214 Å². The van der Waals surface area contributed by atoms with E-state index in [0.717, 1.165) is 103 Å². The molecule has 0 saturated carbocycles. The number of allylic oxidation sites excluding steroid dienone is 14. The molecule has 0 aliphatic carbocycles. The van der Waals surface area contributed by atoms with Gasteiger partial charge in [0.1, 0.15) is 54.9 Å². The second-order valence-electron chi connectivity index (χ2n) is 16.5. The molecule has 2 fully saturated rings. The number of carbonyl (C=O) groups excluding carboxylic acids is 1. The predicted molar refractivity (Wildman–Crippen MR) is 251 cm³/mol. The average Bonchev–Trinajstić information content (AvgIpc) is 3.30. The molecule has 2 aliphatic heterocycles. The van der Waals surface area contributed by atoms with Crippen molar-refractivity contribution in [1.29, 1.82) is 0 Å². The molecular weight excluding hydrogens is 837 g/mol. The van der Waals surface area contributed by atoms with Crippen molar-refractivity contribution in [2.24, 2.45) is 0 Å². The van der Waals surface area contributed by atoms with E-state index >= 15 is 0 Å². The van der Waals surface area contributed by atoms with Crippen LogP contribution in [0.5, 0.6) is 0 Å². The highest BCUT2D eigenvalue weighted by molar-refractivity contribution is 5.69. The van der Waals surface area contributed by atoms with Gasteiger partial charge in [0.05, 0.1) is 26.4 Å². The molecule has 2 rings (SSSR count). The summed E-state index contributed by atoms with van der Waals surface area (Å²) in [6.45, 7) is 3.32. The maximum Gasteiger partial charge on any atom is 0.306 e. The third-order valence-electron chi connectivity index (χ3n) is 10.9. The lowest BCUT2D eigenvalue weighted by Gasteiger charge is -2.42. The number of hydrogen-bond acceptors (Lipinski definition) is 14. The summed E-state index contributed by atoms with van der Waals surface area (Å²) in [4.78, 5) is 13.0. The van der Waals surface area contributed by atoms with Crippen LogP contribution in [-0.2, 0) is 33.2 Å². The number of rotatable bonds is 36. The predicted octanol–water partition coefficient (Wildman–Crippen LogP) is 6.51. The van der Waals surface area contributed by atoms with E-state index in [4.69, 9.17) is 28.4 Å². The minimum absolute atomic E-state index is 0.0272. The minimum atomic E-state index is -1.72. The van der Waals surface area contributed by atoms with Crippen molar-refractivity contribution in [3.8, 4) is 0 Å². The van der Waals surface area contributed by atoms with Crippen molar-refractivity contribution in [3.05, 3.63) is 85.1 Å². The molecule has 0 aromatic heterocycles. The summed E-state index contributed by atoms with van der Waals surface area (Å²) < 4.78 is 34.1. The molecular formula is C51H84O14. The zero-order chi connectivity index (χ0) is 47.3. The second kappa shape index (κ2) is 38.2. The fourth-order valence-corrected chi connectivity index (χ4v) is 6.99. The molecule has 14 nitrogen and oxygen atoms in total. The van der Waals surface area contributed by atoms with Gasteiger partial charge in [0.15, 0.2) is 12.6 Å². The number of aliphatic hydroxyl groups excluding tert-OH is 7. The molecule has 0 bridgehead atoms. The Morgan fingerprint density at radius 2 is 0.954 bits per heavy atom. The largest absolute Gasteiger partial charge is 0.457 e. The Hall–Kier alpha value is -2.83. The van der Waals surface area contributed by atoms with Crippen LogP contribution in [0.1, 0.15) is 129 Å². The van der Waals surface area contributed by atoms with Crippen LogP contribution in [0, 0.1) is 0 Å². The average molecular weight is 921 g/mol. The van der Waals surface area contributed by atoms with Gasteiger partial charge in [-0.3, -0.25) is 4.79 Å². The number of esters is 1. The molecule has 11 unspecified atom stereocenters. The van der Waals surface area contributed by atoms with Gasteiger partial charge in [-0.05, 0) is 83.5 Å². The molecule has 372 valence electrons. The lowest BCUT2D eigenvalue weighted by molar-refractivity contribution is -0.332. The summed E-state index contributed by atoms with van der Waals surface area (Å²) in [7, 11) is 0. The SMILES string of the molecule is CC/C=C\C/C=C\C/C=C\C/C=C\CCCCCOCC(COC1OC(COC2OC(CO)C(O)C(O)C2O)C(O)C(O)C1O)OC(=O)CCCCCCC/C=C\C/C=C\C/C=C\CC. The zero-order valence-electron chi connectivity index (χ0n) is 39.2. The summed E-state index contributed by atoms with van der Waals surface area (Å²) in [5.74, 6) is -0.410. The Balaban J connectivity index is 1.82. The van der Waals surface area contributed by atoms with Crippen molar-refractivity contribution >= 4 is 5.97 Å². The summed E-state index contributed by atoms with van der Waals surface area (Å²) >= 11 is 0. The molecule has 14 heteroatoms. The Labute approximate surface area is 389 Å². The number of carbonyl (C=O) groups is 1. The summed E-state index contributed by atoms with van der Waals surface area (Å²) in [6, 6.07) is 0. The lowest BCUT2D eigenvalue weighted by atomic mass is 9.98. The van der Waals surface area contributed by atoms with Crippen LogP contribution in [0.2, 0.25) is 0 Å². The van der Waals surface area contributed by atoms with E-state index in [2.05, 4.69) is 98.9 Å². The number of ether oxygens (including phenoxy) is 6. The van der Waals surface area contributed by atoms with Crippen LogP contribution in [-0.4, -0.2) is 142 Å². The first kappa shape index (κ1) is 58.3. The van der Waals surface area contributed by atoms with Crippen LogP contribution in [0.4, 0.5) is 0 Å². The van der Waals surface area contributed by atoms with E-state index in [1.54, 1.807) is 0 Å². The van der Waals surface area contributed by atoms with Crippen LogP contribution in [0.25, 0.3) is 0 Å². The van der Waals surface area contributed by atoms with E-state index in [9.17, 15) is 40.5 Å². The Bertz CT molecular complexity index is 1390. The first-order valence-electron chi connectivity index (χ1n) is 24.2. The van der Waals surface area contributed by atoms with Crippen LogP contribution in [0.3, 0.4) is 0 Å². The highest BCUT2D eigenvalue weighted by Crippen LogP contribution is 2.26. The molecule has 0 amide bonds. The third kappa shape index (κ3) is 26.3. The van der Waals surface area contributed by atoms with E-state index in [1.807, 2.05) is 0 Å². The molecule has 2 aliphatic rings. The molecule has 0 aromatic carbocycles.